The molecule has 0 saturated carbocycles. The lowest BCUT2D eigenvalue weighted by Crippen LogP contribution is -2.49. The first-order chi connectivity index (χ1) is 14.5. The van der Waals surface area contributed by atoms with Crippen molar-refractivity contribution in [3.8, 4) is 11.1 Å². The Kier molecular flexibility index (Phi) is 6.35. The number of likely N-dealkylation sites (tertiary alicyclic amines) is 1. The van der Waals surface area contributed by atoms with Gasteiger partial charge in [0.15, 0.2) is 0 Å². The van der Waals surface area contributed by atoms with Gasteiger partial charge in [0.05, 0.1) is 12.1 Å². The van der Waals surface area contributed by atoms with Crippen LogP contribution in [0.15, 0.2) is 48.5 Å². The third-order valence-corrected chi connectivity index (χ3v) is 6.07. The fourth-order valence-electron chi connectivity index (χ4n) is 4.34. The number of hydrogen-bond donors (Lipinski definition) is 1. The monoisotopic (exact) mass is 430 g/mol. The number of nitrogens with one attached hydrogen (secondary N) is 1. The third kappa shape index (κ3) is 4.65. The van der Waals surface area contributed by atoms with Crippen LogP contribution >= 0.6 is 11.6 Å². The number of hydrogen-bond acceptors (Lipinski definition) is 3. The van der Waals surface area contributed by atoms with Crippen LogP contribution in [-0.4, -0.2) is 47.5 Å². The average molecular weight is 431 g/mol. The van der Waals surface area contributed by atoms with E-state index in [9.17, 15) is 14.0 Å². The van der Waals surface area contributed by atoms with Gasteiger partial charge in [-0.15, -0.1) is 0 Å². The zero-order valence-electron chi connectivity index (χ0n) is 16.5. The predicted molar refractivity (Wildman–Crippen MR) is 113 cm³/mol. The van der Waals surface area contributed by atoms with Crippen molar-refractivity contribution in [2.75, 3.05) is 13.2 Å². The standard InChI is InChI=1S/C23H24ClFN2O3/c24-23(29)27-10-9-19(26-22(28)21-8-3-11-30-21)20(27)13-15-4-1-5-16(12-15)17-6-2-7-18(25)14-17/h1-2,4-7,12,14,19-21H,3,8-11,13H2,(H,26,28)/t19-,20-,21-/m0/s1. The highest BCUT2D eigenvalue weighted by Gasteiger charge is 2.38. The van der Waals surface area contributed by atoms with Crippen molar-refractivity contribution < 1.29 is 18.7 Å². The second-order valence-electron chi connectivity index (χ2n) is 7.83. The molecule has 0 spiro atoms. The lowest BCUT2D eigenvalue weighted by molar-refractivity contribution is -0.130. The maximum Gasteiger partial charge on any atom is 0.316 e. The molecule has 0 unspecified atom stereocenters. The number of halogens is 2. The Balaban J connectivity index is 1.53. The van der Waals surface area contributed by atoms with Gasteiger partial charge in [0.1, 0.15) is 11.9 Å². The predicted octanol–water partition coefficient (Wildman–Crippen LogP) is 4.13. The summed E-state index contributed by atoms with van der Waals surface area (Å²) in [5, 5.41) is 2.55. The van der Waals surface area contributed by atoms with Gasteiger partial charge >= 0.3 is 5.37 Å². The number of amides is 2. The molecule has 5 nitrogen and oxygen atoms in total. The van der Waals surface area contributed by atoms with E-state index in [4.69, 9.17) is 16.3 Å². The Labute approximate surface area is 180 Å². The second-order valence-corrected chi connectivity index (χ2v) is 8.16. The van der Waals surface area contributed by atoms with E-state index in [0.717, 1.165) is 29.5 Å². The first kappa shape index (κ1) is 20.8. The molecule has 2 aromatic carbocycles. The van der Waals surface area contributed by atoms with Crippen molar-refractivity contribution in [2.45, 2.75) is 43.9 Å². The maximum atomic E-state index is 13.6. The Morgan fingerprint density at radius 2 is 1.90 bits per heavy atom. The molecule has 2 aromatic rings. The van der Waals surface area contributed by atoms with Crippen LogP contribution in [0.5, 0.6) is 0 Å². The summed E-state index contributed by atoms with van der Waals surface area (Å²) in [6.45, 7) is 1.10. The Morgan fingerprint density at radius 3 is 2.60 bits per heavy atom. The van der Waals surface area contributed by atoms with Crippen molar-refractivity contribution in [2.24, 2.45) is 0 Å². The Bertz CT molecular complexity index is 932. The molecule has 2 heterocycles. The summed E-state index contributed by atoms with van der Waals surface area (Å²) in [7, 11) is 0. The molecule has 1 N–H and O–H groups in total. The van der Waals surface area contributed by atoms with Crippen LogP contribution in [-0.2, 0) is 16.0 Å². The summed E-state index contributed by atoms with van der Waals surface area (Å²) in [6.07, 6.45) is 2.37. The van der Waals surface area contributed by atoms with Gasteiger partial charge in [0.2, 0.25) is 5.91 Å². The van der Waals surface area contributed by atoms with Crippen molar-refractivity contribution in [3.63, 3.8) is 0 Å². The first-order valence-corrected chi connectivity index (χ1v) is 10.6. The largest absolute Gasteiger partial charge is 0.368 e. The van der Waals surface area contributed by atoms with Crippen LogP contribution in [0.25, 0.3) is 11.1 Å². The normalized spacial score (nSPS) is 23.5. The highest BCUT2D eigenvalue weighted by atomic mass is 35.5. The molecule has 7 heteroatoms. The Morgan fingerprint density at radius 1 is 1.13 bits per heavy atom. The molecule has 158 valence electrons. The lowest BCUT2D eigenvalue weighted by Gasteiger charge is -2.28. The highest BCUT2D eigenvalue weighted by Crippen LogP contribution is 2.27. The molecular formula is C23H24ClFN2O3. The quantitative estimate of drug-likeness (QED) is 0.573. The van der Waals surface area contributed by atoms with E-state index in [-0.39, 0.29) is 23.8 Å². The second kappa shape index (κ2) is 9.14. The minimum absolute atomic E-state index is 0.125. The van der Waals surface area contributed by atoms with Crippen LogP contribution in [0.2, 0.25) is 0 Å². The molecule has 2 fully saturated rings. The molecule has 3 atom stereocenters. The SMILES string of the molecule is O=C(N[C@H]1CCN(C(=O)Cl)[C@H]1Cc1cccc(-c2cccc(F)c2)c1)[C@@H]1CCCO1. The molecule has 2 aliphatic rings. The number of ether oxygens (including phenoxy) is 1. The van der Waals surface area contributed by atoms with E-state index in [1.165, 1.54) is 12.1 Å². The molecule has 4 rings (SSSR count). The lowest BCUT2D eigenvalue weighted by atomic mass is 9.96. The number of rotatable bonds is 5. The van der Waals surface area contributed by atoms with Gasteiger partial charge in [0, 0.05) is 13.2 Å². The fourth-order valence-corrected chi connectivity index (χ4v) is 4.55. The Hall–Kier alpha value is -2.44. The van der Waals surface area contributed by atoms with Crippen molar-refractivity contribution in [1.29, 1.82) is 0 Å². The molecule has 2 amide bonds. The molecular weight excluding hydrogens is 407 g/mol. The summed E-state index contributed by atoms with van der Waals surface area (Å²) in [5.74, 6) is -0.413. The van der Waals surface area contributed by atoms with E-state index in [1.54, 1.807) is 11.0 Å². The smallest absolute Gasteiger partial charge is 0.316 e. The number of carbonyl (C=O) groups is 2. The summed E-state index contributed by atoms with van der Waals surface area (Å²) < 4.78 is 19.1. The van der Waals surface area contributed by atoms with Crippen LogP contribution in [0.1, 0.15) is 24.8 Å². The maximum absolute atomic E-state index is 13.6. The number of carbonyl (C=O) groups excluding carboxylic acids is 2. The van der Waals surface area contributed by atoms with Crippen LogP contribution < -0.4 is 5.32 Å². The van der Waals surface area contributed by atoms with Crippen LogP contribution in [0.3, 0.4) is 0 Å². The summed E-state index contributed by atoms with van der Waals surface area (Å²) in [5.41, 5.74) is 2.67. The van der Waals surface area contributed by atoms with Crippen molar-refractivity contribution >= 4 is 22.9 Å². The van der Waals surface area contributed by atoms with Gasteiger partial charge in [0.25, 0.3) is 0 Å². The number of nitrogens with zero attached hydrogens (tertiary/aromatic N) is 1. The molecule has 2 aliphatic heterocycles. The van der Waals surface area contributed by atoms with E-state index in [2.05, 4.69) is 5.32 Å². The zero-order chi connectivity index (χ0) is 21.1. The van der Waals surface area contributed by atoms with Crippen molar-refractivity contribution in [3.05, 3.63) is 59.9 Å². The first-order valence-electron chi connectivity index (χ1n) is 10.2. The summed E-state index contributed by atoms with van der Waals surface area (Å²) in [4.78, 5) is 26.1. The van der Waals surface area contributed by atoms with Gasteiger partial charge in [-0.2, -0.15) is 0 Å². The molecule has 30 heavy (non-hydrogen) atoms. The molecule has 0 bridgehead atoms. The van der Waals surface area contributed by atoms with Crippen LogP contribution in [0.4, 0.5) is 9.18 Å². The summed E-state index contributed by atoms with van der Waals surface area (Å²) >= 11 is 5.83. The van der Waals surface area contributed by atoms with Gasteiger partial charge in [-0.1, -0.05) is 36.4 Å². The fraction of sp³-hybridized carbons (Fsp3) is 0.391. The van der Waals surface area contributed by atoms with Crippen LogP contribution in [0, 0.1) is 5.82 Å². The van der Waals surface area contributed by atoms with E-state index < -0.39 is 11.5 Å². The average Bonchev–Trinajstić information content (AvgIpc) is 3.39. The molecule has 0 aromatic heterocycles. The third-order valence-electron chi connectivity index (χ3n) is 5.85. The minimum Gasteiger partial charge on any atom is -0.368 e. The highest BCUT2D eigenvalue weighted by molar-refractivity contribution is 6.62. The topological polar surface area (TPSA) is 58.6 Å². The van der Waals surface area contributed by atoms with Gasteiger partial charge in [-0.05, 0) is 66.1 Å². The van der Waals surface area contributed by atoms with E-state index in [0.29, 0.717) is 26.0 Å². The van der Waals surface area contributed by atoms with Gasteiger partial charge < -0.3 is 15.0 Å². The molecule has 0 aliphatic carbocycles. The minimum atomic E-state index is -0.518. The molecule has 2 saturated heterocycles. The number of benzene rings is 2. The van der Waals surface area contributed by atoms with E-state index >= 15 is 0 Å². The summed E-state index contributed by atoms with van der Waals surface area (Å²) in [6, 6.07) is 13.8. The van der Waals surface area contributed by atoms with E-state index in [1.807, 2.05) is 30.3 Å². The van der Waals surface area contributed by atoms with Gasteiger partial charge in [-0.3, -0.25) is 9.59 Å². The molecule has 0 radical (unpaired) electrons. The zero-order valence-corrected chi connectivity index (χ0v) is 17.3. The van der Waals surface area contributed by atoms with Gasteiger partial charge in [-0.25, -0.2) is 4.39 Å². The van der Waals surface area contributed by atoms with Crippen molar-refractivity contribution in [1.82, 2.24) is 10.2 Å².